The first-order valence-corrected chi connectivity index (χ1v) is 9.66. The molecule has 5 aromatic rings. The van der Waals surface area contributed by atoms with E-state index in [-0.39, 0.29) is 0 Å². The van der Waals surface area contributed by atoms with Crippen molar-refractivity contribution in [3.63, 3.8) is 0 Å². The molecule has 0 saturated heterocycles. The number of halogens is 1. The highest BCUT2D eigenvalue weighted by Crippen LogP contribution is 2.36. The van der Waals surface area contributed by atoms with E-state index in [0.717, 1.165) is 22.1 Å². The SMILES string of the molecule is Clc1ccc(Cn2cc(-c3nc4ccccc4s3)c3ccccc32)cc1. The zero-order chi connectivity index (χ0) is 17.5. The topological polar surface area (TPSA) is 17.8 Å². The van der Waals surface area contributed by atoms with Crippen molar-refractivity contribution in [3.8, 4) is 10.6 Å². The van der Waals surface area contributed by atoms with Crippen LogP contribution in [-0.4, -0.2) is 9.55 Å². The third kappa shape index (κ3) is 2.70. The highest BCUT2D eigenvalue weighted by molar-refractivity contribution is 7.21. The van der Waals surface area contributed by atoms with Gasteiger partial charge in [0.05, 0.1) is 10.2 Å². The molecule has 126 valence electrons. The lowest BCUT2D eigenvalue weighted by molar-refractivity contribution is 0.837. The van der Waals surface area contributed by atoms with Gasteiger partial charge >= 0.3 is 0 Å². The van der Waals surface area contributed by atoms with Crippen LogP contribution in [-0.2, 0) is 6.54 Å². The van der Waals surface area contributed by atoms with Gasteiger partial charge in [0, 0.05) is 34.2 Å². The summed E-state index contributed by atoms with van der Waals surface area (Å²) in [4.78, 5) is 4.85. The Morgan fingerprint density at radius 2 is 1.65 bits per heavy atom. The molecule has 4 heteroatoms. The number of benzene rings is 3. The van der Waals surface area contributed by atoms with Crippen LogP contribution in [0, 0.1) is 0 Å². The van der Waals surface area contributed by atoms with Gasteiger partial charge in [-0.25, -0.2) is 4.98 Å². The van der Waals surface area contributed by atoms with Crippen molar-refractivity contribution in [2.24, 2.45) is 0 Å². The summed E-state index contributed by atoms with van der Waals surface area (Å²) < 4.78 is 3.51. The third-order valence-corrected chi connectivity index (χ3v) is 5.90. The standard InChI is InChI=1S/C22H15ClN2S/c23-16-11-9-15(10-12-16)13-25-14-18(17-5-1-3-7-20(17)25)22-24-19-6-2-4-8-21(19)26-22/h1-12,14H,13H2. The Morgan fingerprint density at radius 3 is 2.50 bits per heavy atom. The first kappa shape index (κ1) is 15.6. The quantitative estimate of drug-likeness (QED) is 0.347. The molecule has 0 aliphatic carbocycles. The molecule has 0 amide bonds. The molecule has 2 heterocycles. The van der Waals surface area contributed by atoms with E-state index in [4.69, 9.17) is 16.6 Å². The molecule has 0 fully saturated rings. The predicted octanol–water partition coefficient (Wildman–Crippen LogP) is 6.62. The molecular weight excluding hydrogens is 360 g/mol. The van der Waals surface area contributed by atoms with Crippen molar-refractivity contribution >= 4 is 44.1 Å². The van der Waals surface area contributed by atoms with Crippen LogP contribution >= 0.6 is 22.9 Å². The lowest BCUT2D eigenvalue weighted by Gasteiger charge is -2.05. The average molecular weight is 375 g/mol. The van der Waals surface area contributed by atoms with E-state index in [2.05, 4.69) is 65.4 Å². The second kappa shape index (κ2) is 6.27. The molecule has 2 nitrogen and oxygen atoms in total. The van der Waals surface area contributed by atoms with Crippen LogP contribution in [0.4, 0.5) is 0 Å². The molecular formula is C22H15ClN2S. The summed E-state index contributed by atoms with van der Waals surface area (Å²) in [5.41, 5.74) is 4.69. The first-order valence-electron chi connectivity index (χ1n) is 8.46. The van der Waals surface area contributed by atoms with Crippen LogP contribution in [0.3, 0.4) is 0 Å². The molecule has 26 heavy (non-hydrogen) atoms. The van der Waals surface area contributed by atoms with Crippen molar-refractivity contribution in [1.82, 2.24) is 9.55 Å². The van der Waals surface area contributed by atoms with Crippen molar-refractivity contribution in [1.29, 1.82) is 0 Å². The van der Waals surface area contributed by atoms with E-state index in [1.807, 2.05) is 18.2 Å². The molecule has 5 rings (SSSR count). The number of hydrogen-bond donors (Lipinski definition) is 0. The normalized spacial score (nSPS) is 11.4. The van der Waals surface area contributed by atoms with Crippen molar-refractivity contribution in [3.05, 3.63) is 89.6 Å². The van der Waals surface area contributed by atoms with Crippen molar-refractivity contribution < 1.29 is 0 Å². The van der Waals surface area contributed by atoms with E-state index in [9.17, 15) is 0 Å². The molecule has 0 aliphatic rings. The van der Waals surface area contributed by atoms with E-state index >= 15 is 0 Å². The van der Waals surface area contributed by atoms with Crippen LogP contribution in [0.5, 0.6) is 0 Å². The Balaban J connectivity index is 1.65. The molecule has 3 aromatic carbocycles. The van der Waals surface area contributed by atoms with Gasteiger partial charge in [-0.3, -0.25) is 0 Å². The minimum atomic E-state index is 0.765. The van der Waals surface area contributed by atoms with E-state index in [0.29, 0.717) is 0 Å². The molecule has 2 aromatic heterocycles. The van der Waals surface area contributed by atoms with Crippen molar-refractivity contribution in [2.45, 2.75) is 6.54 Å². The highest BCUT2D eigenvalue weighted by atomic mass is 35.5. The molecule has 0 atom stereocenters. The van der Waals surface area contributed by atoms with Gasteiger partial charge < -0.3 is 4.57 Å². The lowest BCUT2D eigenvalue weighted by atomic mass is 10.2. The number of rotatable bonds is 3. The van der Waals surface area contributed by atoms with Gasteiger partial charge in [-0.05, 0) is 35.9 Å². The summed E-state index contributed by atoms with van der Waals surface area (Å²) in [6, 6.07) is 24.9. The van der Waals surface area contributed by atoms with Crippen LogP contribution < -0.4 is 0 Å². The Hall–Kier alpha value is -2.62. The van der Waals surface area contributed by atoms with Crippen LogP contribution in [0.2, 0.25) is 5.02 Å². The summed E-state index contributed by atoms with van der Waals surface area (Å²) in [6.45, 7) is 0.808. The van der Waals surface area contributed by atoms with Crippen LogP contribution in [0.1, 0.15) is 5.56 Å². The fraction of sp³-hybridized carbons (Fsp3) is 0.0455. The van der Waals surface area contributed by atoms with Crippen molar-refractivity contribution in [2.75, 3.05) is 0 Å². The minimum absolute atomic E-state index is 0.765. The summed E-state index contributed by atoms with van der Waals surface area (Å²) >= 11 is 7.76. The molecule has 0 radical (unpaired) electrons. The Bertz CT molecular complexity index is 1190. The minimum Gasteiger partial charge on any atom is -0.342 e. The summed E-state index contributed by atoms with van der Waals surface area (Å²) in [5.74, 6) is 0. The van der Waals surface area contributed by atoms with E-state index in [1.54, 1.807) is 11.3 Å². The fourth-order valence-corrected chi connectivity index (χ4v) is 4.44. The summed E-state index contributed by atoms with van der Waals surface area (Å²) in [7, 11) is 0. The number of thiazole rings is 1. The maximum absolute atomic E-state index is 6.02. The summed E-state index contributed by atoms with van der Waals surface area (Å²) in [5, 5.41) is 3.07. The molecule has 0 saturated carbocycles. The van der Waals surface area contributed by atoms with Gasteiger partial charge in [0.15, 0.2) is 0 Å². The number of hydrogen-bond acceptors (Lipinski definition) is 2. The second-order valence-electron chi connectivity index (χ2n) is 6.30. The predicted molar refractivity (Wildman–Crippen MR) is 111 cm³/mol. The average Bonchev–Trinajstić information content (AvgIpc) is 3.25. The maximum atomic E-state index is 6.02. The zero-order valence-electron chi connectivity index (χ0n) is 13.9. The molecule has 0 unspecified atom stereocenters. The van der Waals surface area contributed by atoms with Gasteiger partial charge in [0.25, 0.3) is 0 Å². The fourth-order valence-electron chi connectivity index (χ4n) is 3.32. The summed E-state index contributed by atoms with van der Waals surface area (Å²) in [6.07, 6.45) is 2.22. The maximum Gasteiger partial charge on any atom is 0.126 e. The smallest absolute Gasteiger partial charge is 0.126 e. The second-order valence-corrected chi connectivity index (χ2v) is 7.77. The van der Waals surface area contributed by atoms with E-state index in [1.165, 1.54) is 26.7 Å². The van der Waals surface area contributed by atoms with E-state index < -0.39 is 0 Å². The Morgan fingerprint density at radius 1 is 0.885 bits per heavy atom. The van der Waals surface area contributed by atoms with Gasteiger partial charge in [-0.2, -0.15) is 0 Å². The van der Waals surface area contributed by atoms with Gasteiger partial charge in [0.1, 0.15) is 5.01 Å². The monoisotopic (exact) mass is 374 g/mol. The molecule has 0 spiro atoms. The third-order valence-electron chi connectivity index (χ3n) is 4.58. The number of aromatic nitrogens is 2. The Labute approximate surface area is 160 Å². The van der Waals surface area contributed by atoms with Crippen LogP contribution in [0.15, 0.2) is 79.0 Å². The number of nitrogens with zero attached hydrogens (tertiary/aromatic N) is 2. The molecule has 0 bridgehead atoms. The Kier molecular flexibility index (Phi) is 3.77. The number of fused-ring (bicyclic) bond motifs is 2. The number of para-hydroxylation sites is 2. The molecule has 0 aliphatic heterocycles. The first-order chi connectivity index (χ1) is 12.8. The zero-order valence-corrected chi connectivity index (χ0v) is 15.5. The van der Waals surface area contributed by atoms with Gasteiger partial charge in [-0.15, -0.1) is 11.3 Å². The van der Waals surface area contributed by atoms with Gasteiger partial charge in [-0.1, -0.05) is 54.1 Å². The van der Waals surface area contributed by atoms with Gasteiger partial charge in [0.2, 0.25) is 0 Å². The lowest BCUT2D eigenvalue weighted by Crippen LogP contribution is -1.97. The largest absolute Gasteiger partial charge is 0.342 e. The highest BCUT2D eigenvalue weighted by Gasteiger charge is 2.14. The van der Waals surface area contributed by atoms with Crippen LogP contribution in [0.25, 0.3) is 31.7 Å². The molecule has 0 N–H and O–H groups in total.